The number of non-ortho nitro benzene ring substituents is 1. The van der Waals surface area contributed by atoms with Crippen LogP contribution in [0.5, 0.6) is 0 Å². The maximum atomic E-state index is 12.1. The first-order chi connectivity index (χ1) is 9.31. The van der Waals surface area contributed by atoms with Gasteiger partial charge in [0, 0.05) is 17.7 Å². The smallest absolute Gasteiger partial charge is 0.263 e. The summed E-state index contributed by atoms with van der Waals surface area (Å²) in [5, 5.41) is 16.5. The van der Waals surface area contributed by atoms with Gasteiger partial charge in [0.05, 0.1) is 16.1 Å². The fourth-order valence-electron chi connectivity index (χ4n) is 1.46. The molecule has 0 spiro atoms. The highest BCUT2D eigenvalue weighted by atomic mass is 35.5. The Bertz CT molecular complexity index is 771. The summed E-state index contributed by atoms with van der Waals surface area (Å²) in [6.07, 6.45) is 1.45. The minimum absolute atomic E-state index is 0.208. The number of H-pyrrole nitrogens is 1. The first-order valence-corrected chi connectivity index (χ1v) is 7.14. The highest BCUT2D eigenvalue weighted by molar-refractivity contribution is 7.92. The molecule has 0 fully saturated rings. The van der Waals surface area contributed by atoms with Crippen LogP contribution in [0.3, 0.4) is 0 Å². The standard InChI is InChI=1S/C10H9ClN4O4S/c1-6-5-12-13-10(6)14-20(18,19)9-3-2-7(15(16)17)4-8(9)11/h2-5H,1H3,(H2,12,13,14). The van der Waals surface area contributed by atoms with Gasteiger partial charge < -0.3 is 0 Å². The number of aromatic nitrogens is 2. The fraction of sp³-hybridized carbons (Fsp3) is 0.100. The van der Waals surface area contributed by atoms with Crippen LogP contribution in [0.1, 0.15) is 5.56 Å². The van der Waals surface area contributed by atoms with Crippen LogP contribution in [-0.4, -0.2) is 23.5 Å². The lowest BCUT2D eigenvalue weighted by Gasteiger charge is -2.08. The average molecular weight is 317 g/mol. The zero-order valence-corrected chi connectivity index (χ0v) is 11.7. The van der Waals surface area contributed by atoms with E-state index in [4.69, 9.17) is 11.6 Å². The Morgan fingerprint density at radius 1 is 1.45 bits per heavy atom. The van der Waals surface area contributed by atoms with E-state index in [9.17, 15) is 18.5 Å². The number of hydrogen-bond donors (Lipinski definition) is 2. The maximum absolute atomic E-state index is 12.1. The molecule has 10 heteroatoms. The average Bonchev–Trinajstić information content (AvgIpc) is 2.73. The molecule has 2 N–H and O–H groups in total. The maximum Gasteiger partial charge on any atom is 0.271 e. The van der Waals surface area contributed by atoms with Gasteiger partial charge in [-0.2, -0.15) is 5.10 Å². The molecule has 0 bridgehead atoms. The molecule has 1 aromatic carbocycles. The second kappa shape index (κ2) is 5.10. The van der Waals surface area contributed by atoms with E-state index in [-0.39, 0.29) is 21.4 Å². The Kier molecular flexibility index (Phi) is 3.64. The van der Waals surface area contributed by atoms with Crippen molar-refractivity contribution in [3.05, 3.63) is 45.1 Å². The molecule has 8 nitrogen and oxygen atoms in total. The van der Waals surface area contributed by atoms with Gasteiger partial charge in [0.15, 0.2) is 0 Å². The summed E-state index contributed by atoms with van der Waals surface area (Å²) < 4.78 is 26.6. The van der Waals surface area contributed by atoms with Crippen LogP contribution < -0.4 is 4.72 Å². The first-order valence-electron chi connectivity index (χ1n) is 5.28. The molecule has 0 saturated carbocycles. The number of nitro groups is 1. The summed E-state index contributed by atoms with van der Waals surface area (Å²) in [6, 6.07) is 3.13. The minimum atomic E-state index is -3.95. The first kappa shape index (κ1) is 14.3. The molecule has 2 rings (SSSR count). The molecule has 0 amide bonds. The predicted octanol–water partition coefficient (Wildman–Crippen LogP) is 2.08. The van der Waals surface area contributed by atoms with E-state index in [0.29, 0.717) is 5.56 Å². The number of nitrogens with zero attached hydrogens (tertiary/aromatic N) is 2. The Balaban J connectivity index is 2.40. The molecule has 2 aromatic rings. The molecule has 0 unspecified atom stereocenters. The van der Waals surface area contributed by atoms with E-state index in [1.807, 2.05) is 0 Å². The number of benzene rings is 1. The van der Waals surface area contributed by atoms with Gasteiger partial charge >= 0.3 is 0 Å². The van der Waals surface area contributed by atoms with Crippen molar-refractivity contribution in [1.82, 2.24) is 10.2 Å². The van der Waals surface area contributed by atoms with Crippen molar-refractivity contribution >= 4 is 33.1 Å². The highest BCUT2D eigenvalue weighted by Gasteiger charge is 2.21. The number of anilines is 1. The summed E-state index contributed by atoms with van der Waals surface area (Å²) in [5.74, 6) is 0.208. The molecule has 20 heavy (non-hydrogen) atoms. The van der Waals surface area contributed by atoms with Crippen molar-refractivity contribution in [2.45, 2.75) is 11.8 Å². The number of hydrogen-bond acceptors (Lipinski definition) is 5. The predicted molar refractivity (Wildman–Crippen MR) is 72.2 cm³/mol. The molecule has 0 aliphatic heterocycles. The van der Waals surface area contributed by atoms with Crippen LogP contribution in [0.25, 0.3) is 0 Å². The number of nitrogens with one attached hydrogen (secondary N) is 2. The lowest BCUT2D eigenvalue weighted by atomic mass is 10.3. The van der Waals surface area contributed by atoms with Gasteiger partial charge in [-0.05, 0) is 13.0 Å². The Labute approximate surface area is 119 Å². The van der Waals surface area contributed by atoms with Crippen LogP contribution in [-0.2, 0) is 10.0 Å². The van der Waals surface area contributed by atoms with E-state index in [0.717, 1.165) is 18.2 Å². The van der Waals surface area contributed by atoms with Gasteiger partial charge in [0.2, 0.25) is 0 Å². The molecule has 1 heterocycles. The van der Waals surface area contributed by atoms with Gasteiger partial charge in [-0.3, -0.25) is 19.9 Å². The molecule has 0 aliphatic carbocycles. The zero-order chi connectivity index (χ0) is 14.9. The molecule has 1 aromatic heterocycles. The molecule has 0 radical (unpaired) electrons. The summed E-state index contributed by atoms with van der Waals surface area (Å²) in [7, 11) is -3.95. The van der Waals surface area contributed by atoms with E-state index in [2.05, 4.69) is 14.9 Å². The third-order valence-corrected chi connectivity index (χ3v) is 4.31. The van der Waals surface area contributed by atoms with Crippen molar-refractivity contribution in [3.63, 3.8) is 0 Å². The summed E-state index contributed by atoms with van der Waals surface area (Å²) in [4.78, 5) is 9.67. The molecular formula is C10H9ClN4O4S. The van der Waals surface area contributed by atoms with Crippen LogP contribution in [0.2, 0.25) is 5.02 Å². The quantitative estimate of drug-likeness (QED) is 0.661. The SMILES string of the molecule is Cc1cn[nH]c1NS(=O)(=O)c1ccc([N+](=O)[O-])cc1Cl. The molecule has 106 valence electrons. The van der Waals surface area contributed by atoms with E-state index in [1.165, 1.54) is 6.20 Å². The van der Waals surface area contributed by atoms with Crippen molar-refractivity contribution in [2.75, 3.05) is 4.72 Å². The lowest BCUT2D eigenvalue weighted by molar-refractivity contribution is -0.384. The van der Waals surface area contributed by atoms with Gasteiger partial charge in [0.1, 0.15) is 10.7 Å². The normalized spacial score (nSPS) is 11.3. The number of halogens is 1. The van der Waals surface area contributed by atoms with Crippen molar-refractivity contribution in [2.24, 2.45) is 0 Å². The largest absolute Gasteiger partial charge is 0.271 e. The summed E-state index contributed by atoms with van der Waals surface area (Å²) in [6.45, 7) is 1.67. The monoisotopic (exact) mass is 316 g/mol. The number of sulfonamides is 1. The molecule has 0 saturated heterocycles. The fourth-order valence-corrected chi connectivity index (χ4v) is 3.09. The second-order valence-electron chi connectivity index (χ2n) is 3.91. The molecular weight excluding hydrogens is 308 g/mol. The van der Waals surface area contributed by atoms with Gasteiger partial charge in [-0.1, -0.05) is 11.6 Å². The third-order valence-electron chi connectivity index (χ3n) is 2.48. The summed E-state index contributed by atoms with van der Waals surface area (Å²) in [5.41, 5.74) is 0.318. The topological polar surface area (TPSA) is 118 Å². The zero-order valence-electron chi connectivity index (χ0n) is 10.1. The Morgan fingerprint density at radius 3 is 2.65 bits per heavy atom. The van der Waals surface area contributed by atoms with Gasteiger partial charge in [-0.25, -0.2) is 8.42 Å². The van der Waals surface area contributed by atoms with Crippen molar-refractivity contribution < 1.29 is 13.3 Å². The lowest BCUT2D eigenvalue weighted by Crippen LogP contribution is -2.14. The number of nitro benzene ring substituents is 1. The second-order valence-corrected chi connectivity index (χ2v) is 5.96. The third kappa shape index (κ3) is 2.73. The van der Waals surface area contributed by atoms with E-state index in [1.54, 1.807) is 6.92 Å². The molecule has 0 atom stereocenters. The Hall–Kier alpha value is -2.13. The van der Waals surface area contributed by atoms with Crippen LogP contribution >= 0.6 is 11.6 Å². The van der Waals surface area contributed by atoms with Crippen LogP contribution in [0, 0.1) is 17.0 Å². The van der Waals surface area contributed by atoms with Crippen molar-refractivity contribution in [1.29, 1.82) is 0 Å². The minimum Gasteiger partial charge on any atom is -0.263 e. The van der Waals surface area contributed by atoms with E-state index >= 15 is 0 Å². The highest BCUT2D eigenvalue weighted by Crippen LogP contribution is 2.27. The van der Waals surface area contributed by atoms with Crippen molar-refractivity contribution in [3.8, 4) is 0 Å². The Morgan fingerprint density at radius 2 is 2.15 bits per heavy atom. The number of aromatic amines is 1. The number of aryl methyl sites for hydroxylation is 1. The van der Waals surface area contributed by atoms with Gasteiger partial charge in [-0.15, -0.1) is 0 Å². The summed E-state index contributed by atoms with van der Waals surface area (Å²) >= 11 is 5.79. The molecule has 0 aliphatic rings. The van der Waals surface area contributed by atoms with Crippen LogP contribution in [0.4, 0.5) is 11.5 Å². The van der Waals surface area contributed by atoms with Gasteiger partial charge in [0.25, 0.3) is 15.7 Å². The van der Waals surface area contributed by atoms with E-state index < -0.39 is 14.9 Å². The number of rotatable bonds is 4. The van der Waals surface area contributed by atoms with Crippen LogP contribution in [0.15, 0.2) is 29.3 Å².